The monoisotopic (exact) mass is 316 g/mol. The normalized spacial score (nSPS) is 15.4. The Morgan fingerprint density at radius 3 is 2.68 bits per heavy atom. The number of benzene rings is 1. The predicted octanol–water partition coefficient (Wildman–Crippen LogP) is 4.29. The van der Waals surface area contributed by atoms with Gasteiger partial charge in [-0.15, -0.1) is 11.3 Å². The van der Waals surface area contributed by atoms with E-state index in [1.807, 2.05) is 37.3 Å². The van der Waals surface area contributed by atoms with Gasteiger partial charge in [-0.3, -0.25) is 4.79 Å². The molecule has 0 unspecified atom stereocenters. The van der Waals surface area contributed by atoms with Gasteiger partial charge in [0.15, 0.2) is 12.1 Å². The van der Waals surface area contributed by atoms with E-state index in [0.717, 1.165) is 39.3 Å². The van der Waals surface area contributed by atoms with Gasteiger partial charge in [-0.1, -0.05) is 37.6 Å². The van der Waals surface area contributed by atoms with Crippen molar-refractivity contribution in [3.63, 3.8) is 0 Å². The van der Waals surface area contributed by atoms with Crippen LogP contribution in [0.4, 0.5) is 0 Å². The number of ether oxygens (including phenoxy) is 2. The first-order valence-corrected chi connectivity index (χ1v) is 8.48. The first-order valence-electron chi connectivity index (χ1n) is 7.67. The second-order valence-corrected chi connectivity index (χ2v) is 6.72. The number of thiophene rings is 1. The summed E-state index contributed by atoms with van der Waals surface area (Å²) in [6.45, 7) is 5.34. The van der Waals surface area contributed by atoms with Gasteiger partial charge in [0.1, 0.15) is 0 Å². The van der Waals surface area contributed by atoms with Crippen molar-refractivity contribution in [1.29, 1.82) is 0 Å². The van der Waals surface area contributed by atoms with Gasteiger partial charge < -0.3 is 9.47 Å². The second kappa shape index (κ2) is 6.73. The molecular formula is C18H20O3S. The van der Waals surface area contributed by atoms with Gasteiger partial charge in [0.2, 0.25) is 0 Å². The van der Waals surface area contributed by atoms with Crippen molar-refractivity contribution < 1.29 is 14.3 Å². The Kier molecular flexibility index (Phi) is 4.71. The molecule has 2 heterocycles. The summed E-state index contributed by atoms with van der Waals surface area (Å²) in [5.74, 6) is 0.0991. The number of aryl methyl sites for hydroxylation is 2. The summed E-state index contributed by atoms with van der Waals surface area (Å²) < 4.78 is 11.1. The smallest absolute Gasteiger partial charge is 0.194 e. The maximum absolute atomic E-state index is 12.9. The molecule has 22 heavy (non-hydrogen) atoms. The van der Waals surface area contributed by atoms with E-state index < -0.39 is 0 Å². The molecule has 0 amide bonds. The average molecular weight is 316 g/mol. The third kappa shape index (κ3) is 3.00. The molecule has 3 rings (SSSR count). The summed E-state index contributed by atoms with van der Waals surface area (Å²) in [5.41, 5.74) is 2.70. The molecule has 0 radical (unpaired) electrons. The Hall–Kier alpha value is -1.49. The average Bonchev–Trinajstić information content (AvgIpc) is 3.17. The Morgan fingerprint density at radius 2 is 1.95 bits per heavy atom. The Balaban J connectivity index is 1.92. The molecule has 3 nitrogen and oxygen atoms in total. The van der Waals surface area contributed by atoms with Crippen LogP contribution in [0.25, 0.3) is 0 Å². The SMILES string of the molecule is CCCc1ccccc1C(=O)c1cc(C2OCCO2)sc1C. The summed E-state index contributed by atoms with van der Waals surface area (Å²) in [7, 11) is 0. The standard InChI is InChI=1S/C18H20O3S/c1-3-6-13-7-4-5-8-14(13)17(19)15-11-16(22-12(15)2)18-20-9-10-21-18/h4-5,7-8,11,18H,3,6,9-10H2,1-2H3. The maximum Gasteiger partial charge on any atom is 0.194 e. The van der Waals surface area contributed by atoms with Crippen LogP contribution in [-0.4, -0.2) is 19.0 Å². The van der Waals surface area contributed by atoms with Crippen LogP contribution in [0.5, 0.6) is 0 Å². The lowest BCUT2D eigenvalue weighted by atomic mass is 9.96. The highest BCUT2D eigenvalue weighted by molar-refractivity contribution is 7.12. The molecule has 0 bridgehead atoms. The van der Waals surface area contributed by atoms with Gasteiger partial charge in [-0.25, -0.2) is 0 Å². The van der Waals surface area contributed by atoms with Crippen LogP contribution < -0.4 is 0 Å². The summed E-state index contributed by atoms with van der Waals surface area (Å²) >= 11 is 1.58. The fourth-order valence-corrected chi connectivity index (χ4v) is 3.77. The third-order valence-corrected chi connectivity index (χ3v) is 4.89. The zero-order valence-corrected chi connectivity index (χ0v) is 13.7. The highest BCUT2D eigenvalue weighted by atomic mass is 32.1. The van der Waals surface area contributed by atoms with Gasteiger partial charge in [0, 0.05) is 16.0 Å². The van der Waals surface area contributed by atoms with Gasteiger partial charge in [-0.05, 0) is 25.0 Å². The van der Waals surface area contributed by atoms with E-state index >= 15 is 0 Å². The second-order valence-electron chi connectivity index (χ2n) is 5.43. The van der Waals surface area contributed by atoms with Gasteiger partial charge in [0.05, 0.1) is 18.1 Å². The largest absolute Gasteiger partial charge is 0.345 e. The number of carbonyl (C=O) groups excluding carboxylic acids is 1. The summed E-state index contributed by atoms with van der Waals surface area (Å²) in [5, 5.41) is 0. The lowest BCUT2D eigenvalue weighted by Crippen LogP contribution is -2.05. The lowest BCUT2D eigenvalue weighted by molar-refractivity contribution is -0.0413. The van der Waals surface area contributed by atoms with Crippen LogP contribution >= 0.6 is 11.3 Å². The fraction of sp³-hybridized carbons (Fsp3) is 0.389. The van der Waals surface area contributed by atoms with E-state index in [0.29, 0.717) is 13.2 Å². The van der Waals surface area contributed by atoms with E-state index in [9.17, 15) is 4.79 Å². The molecule has 0 atom stereocenters. The number of hydrogen-bond acceptors (Lipinski definition) is 4. The lowest BCUT2D eigenvalue weighted by Gasteiger charge is -2.07. The van der Waals surface area contributed by atoms with Gasteiger partial charge >= 0.3 is 0 Å². The number of hydrogen-bond donors (Lipinski definition) is 0. The summed E-state index contributed by atoms with van der Waals surface area (Å²) in [6.07, 6.45) is 1.64. The summed E-state index contributed by atoms with van der Waals surface area (Å²) in [4.78, 5) is 14.9. The zero-order chi connectivity index (χ0) is 15.5. The molecule has 1 aliphatic rings. The van der Waals surface area contributed by atoms with Crippen LogP contribution in [0, 0.1) is 6.92 Å². The first kappa shape index (κ1) is 15.4. The summed E-state index contributed by atoms with van der Waals surface area (Å²) in [6, 6.07) is 9.82. The van der Waals surface area contributed by atoms with Crippen molar-refractivity contribution in [3.05, 3.63) is 56.8 Å². The van der Waals surface area contributed by atoms with E-state index in [4.69, 9.17) is 9.47 Å². The van der Waals surface area contributed by atoms with Crippen molar-refractivity contribution in [2.45, 2.75) is 33.0 Å². The number of ketones is 1. The molecular weight excluding hydrogens is 296 g/mol. The van der Waals surface area contributed by atoms with Crippen LogP contribution in [0.2, 0.25) is 0 Å². The Bertz CT molecular complexity index is 669. The van der Waals surface area contributed by atoms with Gasteiger partial charge in [-0.2, -0.15) is 0 Å². The van der Waals surface area contributed by atoms with Crippen molar-refractivity contribution >= 4 is 17.1 Å². The fourth-order valence-electron chi connectivity index (χ4n) is 2.74. The topological polar surface area (TPSA) is 35.5 Å². The first-order chi connectivity index (χ1) is 10.7. The molecule has 1 fully saturated rings. The molecule has 2 aromatic rings. The van der Waals surface area contributed by atoms with Gasteiger partial charge in [0.25, 0.3) is 0 Å². The van der Waals surface area contributed by atoms with Crippen molar-refractivity contribution in [2.75, 3.05) is 13.2 Å². The molecule has 0 N–H and O–H groups in total. The highest BCUT2D eigenvalue weighted by Crippen LogP contribution is 2.33. The minimum absolute atomic E-state index is 0.0991. The zero-order valence-electron chi connectivity index (χ0n) is 12.9. The molecule has 0 spiro atoms. The van der Waals surface area contributed by atoms with E-state index in [1.54, 1.807) is 11.3 Å². The van der Waals surface area contributed by atoms with E-state index in [1.165, 1.54) is 0 Å². The number of carbonyl (C=O) groups is 1. The number of rotatable bonds is 5. The molecule has 1 aromatic carbocycles. The molecule has 0 saturated carbocycles. The van der Waals surface area contributed by atoms with Crippen molar-refractivity contribution in [1.82, 2.24) is 0 Å². The quantitative estimate of drug-likeness (QED) is 0.772. The molecule has 0 aliphatic carbocycles. The van der Waals surface area contributed by atoms with E-state index in [-0.39, 0.29) is 12.1 Å². The van der Waals surface area contributed by atoms with Crippen LogP contribution in [0.15, 0.2) is 30.3 Å². The van der Waals surface area contributed by atoms with Crippen LogP contribution in [-0.2, 0) is 15.9 Å². The van der Waals surface area contributed by atoms with Crippen molar-refractivity contribution in [3.8, 4) is 0 Å². The van der Waals surface area contributed by atoms with E-state index in [2.05, 4.69) is 6.92 Å². The molecule has 1 aliphatic heterocycles. The maximum atomic E-state index is 12.9. The van der Waals surface area contributed by atoms with Crippen LogP contribution in [0.3, 0.4) is 0 Å². The Labute approximate surface area is 134 Å². The minimum atomic E-state index is -0.309. The van der Waals surface area contributed by atoms with Crippen LogP contribution in [0.1, 0.15) is 50.9 Å². The minimum Gasteiger partial charge on any atom is -0.345 e. The van der Waals surface area contributed by atoms with Crippen molar-refractivity contribution in [2.24, 2.45) is 0 Å². The Morgan fingerprint density at radius 1 is 1.23 bits per heavy atom. The molecule has 116 valence electrons. The molecule has 4 heteroatoms. The highest BCUT2D eigenvalue weighted by Gasteiger charge is 2.24. The predicted molar refractivity (Wildman–Crippen MR) is 87.6 cm³/mol. The molecule has 1 saturated heterocycles. The third-order valence-electron chi connectivity index (χ3n) is 3.82. The molecule has 1 aromatic heterocycles.